The van der Waals surface area contributed by atoms with Crippen LogP contribution in [0.15, 0.2) is 0 Å². The Balaban J connectivity index is -0.0000000381. The van der Waals surface area contributed by atoms with Gasteiger partial charge in [-0.15, -0.1) is 0 Å². The van der Waals surface area contributed by atoms with Gasteiger partial charge in [0.1, 0.15) is 0 Å². The van der Waals surface area contributed by atoms with Crippen LogP contribution in [0.5, 0.6) is 0 Å². The normalized spacial score (nSPS) is 6.93. The van der Waals surface area contributed by atoms with Gasteiger partial charge in [0.25, 0.3) is 6.79 Å². The Bertz CT molecular complexity index is 377. The molecule has 0 bridgehead atoms. The van der Waals surface area contributed by atoms with Gasteiger partial charge in [0.05, 0.1) is 30.3 Å². The molecule has 7 heteroatoms. The summed E-state index contributed by atoms with van der Waals surface area (Å²) in [7, 11) is 0. The fourth-order valence-electron chi connectivity index (χ4n) is 0. The second-order valence-corrected chi connectivity index (χ2v) is 6.42. The van der Waals surface area contributed by atoms with E-state index in [9.17, 15) is 0 Å². The largest absolute Gasteiger partial charge is 0.281 e. The van der Waals surface area contributed by atoms with E-state index in [1.54, 1.807) is 0 Å². The minimum absolute atomic E-state index is 0. The molecule has 0 amide bonds. The van der Waals surface area contributed by atoms with E-state index in [0.717, 1.165) is 0 Å². The predicted octanol–water partition coefficient (Wildman–Crippen LogP) is 5.43. The molecule has 0 fully saturated rings. The molecule has 28 heavy (non-hydrogen) atoms. The summed E-state index contributed by atoms with van der Waals surface area (Å²) in [5.74, 6) is 0.949. The van der Waals surface area contributed by atoms with Crippen molar-refractivity contribution in [2.75, 3.05) is 0 Å². The minimum Gasteiger partial charge on any atom is -0.281 e. The van der Waals surface area contributed by atoms with Gasteiger partial charge in [0.15, 0.2) is 0 Å². The molecule has 0 aromatic carbocycles. The van der Waals surface area contributed by atoms with Crippen LogP contribution in [0, 0.1) is 86.2 Å². The van der Waals surface area contributed by atoms with Crippen LogP contribution in [-0.2, 0) is 25.9 Å². The Morgan fingerprint density at radius 1 is 0.429 bits per heavy atom. The first kappa shape index (κ1) is 44.9. The molecule has 0 unspecified atom stereocenters. The molecule has 0 aromatic rings. The van der Waals surface area contributed by atoms with Gasteiger partial charge in [-0.1, -0.05) is 0 Å². The third kappa shape index (κ3) is 203. The van der Waals surface area contributed by atoms with Crippen molar-refractivity contribution in [1.29, 1.82) is 26.3 Å². The van der Waals surface area contributed by atoms with Gasteiger partial charge in [-0.2, -0.15) is 26.3 Å². The molecule has 0 aliphatic heterocycles. The smallest absolute Gasteiger partial charge is 0.281 e. The number of rotatable bonds is 0. The van der Waals surface area contributed by atoms with Crippen LogP contribution in [0.3, 0.4) is 0 Å². The van der Waals surface area contributed by atoms with E-state index in [-0.39, 0.29) is 50.7 Å². The summed E-state index contributed by atoms with van der Waals surface area (Å²) >= 11 is 0. The second kappa shape index (κ2) is 44.3. The number of nitriles is 5. The fourth-order valence-corrected chi connectivity index (χ4v) is 0. The van der Waals surface area contributed by atoms with Crippen molar-refractivity contribution in [2.45, 2.75) is 69.2 Å². The molecular weight excluding hydrogens is 522 g/mol. The zero-order valence-electron chi connectivity index (χ0n) is 18.9. The first-order valence-corrected chi connectivity index (χ1v) is 8.54. The zero-order chi connectivity index (χ0) is 23.4. The van der Waals surface area contributed by atoms with Crippen LogP contribution >= 0.6 is 0 Å². The molecule has 0 aliphatic rings. The first-order chi connectivity index (χ1) is 12.4. The Morgan fingerprint density at radius 2 is 0.464 bits per heavy atom. The molecule has 0 saturated heterocycles. The van der Waals surface area contributed by atoms with E-state index in [2.05, 4.69) is 6.79 Å². The van der Waals surface area contributed by atoms with Crippen molar-refractivity contribution in [3.8, 4) is 30.3 Å². The van der Waals surface area contributed by atoms with Crippen molar-refractivity contribution < 1.29 is 25.9 Å². The minimum atomic E-state index is 0. The van der Waals surface area contributed by atoms with Crippen molar-refractivity contribution >= 4 is 6.79 Å². The summed E-state index contributed by atoms with van der Waals surface area (Å²) in [6.45, 7) is 23.1. The number of hydrogen-bond acceptors (Lipinski definition) is 6. The van der Waals surface area contributed by atoms with Gasteiger partial charge in [-0.05, 0) is 69.2 Å². The molecule has 0 spiro atoms. The van der Waals surface area contributed by atoms with Crippen LogP contribution in [0.25, 0.3) is 0 Å². The summed E-state index contributed by atoms with van der Waals surface area (Å²) in [4.78, 5) is 7.50. The van der Waals surface area contributed by atoms with Gasteiger partial charge in [-0.3, -0.25) is 4.79 Å². The molecular formula is C21H35N5OW. The Kier molecular flexibility index (Phi) is 71.1. The summed E-state index contributed by atoms with van der Waals surface area (Å²) in [6.07, 6.45) is 0. The molecule has 0 atom stereocenters. The van der Waals surface area contributed by atoms with E-state index < -0.39 is 0 Å². The van der Waals surface area contributed by atoms with Gasteiger partial charge in [0, 0.05) is 50.7 Å². The van der Waals surface area contributed by atoms with Gasteiger partial charge >= 0.3 is 0 Å². The first-order valence-electron chi connectivity index (χ1n) is 8.54. The van der Waals surface area contributed by atoms with E-state index in [1.807, 2.05) is 99.6 Å². The van der Waals surface area contributed by atoms with Crippen molar-refractivity contribution in [2.24, 2.45) is 29.6 Å². The Morgan fingerprint density at radius 3 is 0.464 bits per heavy atom. The van der Waals surface area contributed by atoms with E-state index in [1.165, 1.54) is 0 Å². The maximum absolute atomic E-state index is 7.89. The molecule has 0 N–H and O–H groups in total. The predicted molar refractivity (Wildman–Crippen MR) is 108 cm³/mol. The maximum Gasteiger partial charge on any atom is 0.281 e. The molecule has 156 valence electrons. The van der Waals surface area contributed by atoms with Crippen LogP contribution < -0.4 is 0 Å². The molecule has 0 saturated carbocycles. The SMILES string of the molecule is CC(C)C#N.CC(C)C#N.CC(C)C#N.CC(C)C#N.CC(C)C#N.[C]=O.[W]. The fraction of sp³-hybridized carbons (Fsp3) is 0.714. The third-order valence-corrected chi connectivity index (χ3v) is 1.29. The van der Waals surface area contributed by atoms with Gasteiger partial charge in [-0.25, -0.2) is 0 Å². The number of nitrogens with zero attached hydrogens (tertiary/aromatic N) is 5. The summed E-state index contributed by atoms with van der Waals surface area (Å²) in [5.41, 5.74) is 0. The Labute approximate surface area is 188 Å². The van der Waals surface area contributed by atoms with Crippen molar-refractivity contribution in [1.82, 2.24) is 0 Å². The second-order valence-electron chi connectivity index (χ2n) is 6.42. The molecule has 0 aromatic heterocycles. The van der Waals surface area contributed by atoms with Crippen LogP contribution in [0.2, 0.25) is 0 Å². The van der Waals surface area contributed by atoms with Crippen LogP contribution in [-0.4, -0.2) is 6.79 Å². The van der Waals surface area contributed by atoms with Gasteiger partial charge < -0.3 is 0 Å². The maximum atomic E-state index is 7.89. The quantitative estimate of drug-likeness (QED) is 0.390. The zero-order valence-corrected chi connectivity index (χ0v) is 21.9. The monoisotopic (exact) mass is 557 g/mol. The van der Waals surface area contributed by atoms with Crippen molar-refractivity contribution in [3.63, 3.8) is 0 Å². The number of hydrogen-bond donors (Lipinski definition) is 0. The van der Waals surface area contributed by atoms with Crippen LogP contribution in [0.4, 0.5) is 0 Å². The molecule has 0 aliphatic carbocycles. The average molecular weight is 557 g/mol. The third-order valence-electron chi connectivity index (χ3n) is 1.29. The molecule has 0 rings (SSSR count). The average Bonchev–Trinajstić information content (AvgIpc) is 2.64. The topological polar surface area (TPSA) is 136 Å². The summed E-state index contributed by atoms with van der Waals surface area (Å²) in [6, 6.07) is 10.1. The number of carbonyl (C=O) groups excluding carboxylic acids is 1. The van der Waals surface area contributed by atoms with Gasteiger partial charge in [0.2, 0.25) is 0 Å². The van der Waals surface area contributed by atoms with E-state index in [0.29, 0.717) is 0 Å². The van der Waals surface area contributed by atoms with Crippen molar-refractivity contribution in [3.05, 3.63) is 0 Å². The standard InChI is InChI=1S/5C4H7N.CO.W/c5*1-4(2)3-5;1-2;/h5*4H,1-2H3;;. The molecule has 2 radical (unpaired) electrons. The van der Waals surface area contributed by atoms with E-state index in [4.69, 9.17) is 31.1 Å². The summed E-state index contributed by atoms with van der Waals surface area (Å²) in [5, 5.41) is 39.5. The van der Waals surface area contributed by atoms with Crippen LogP contribution in [0.1, 0.15) is 69.2 Å². The molecule has 6 nitrogen and oxygen atoms in total. The van der Waals surface area contributed by atoms with E-state index >= 15 is 0 Å². The Hall–Kier alpha value is -2.19. The molecule has 0 heterocycles. The summed E-state index contributed by atoms with van der Waals surface area (Å²) < 4.78 is 0.